The molecular formula is C20H17N5O2S2. The minimum absolute atomic E-state index is 0.156. The number of benzene rings is 1. The van der Waals surface area contributed by atoms with E-state index in [0.29, 0.717) is 28.4 Å². The van der Waals surface area contributed by atoms with Crippen LogP contribution in [-0.4, -0.2) is 31.4 Å². The Labute approximate surface area is 175 Å². The number of carbonyl (C=O) groups excluding carboxylic acids is 1. The van der Waals surface area contributed by atoms with Gasteiger partial charge in [0, 0.05) is 17.5 Å². The highest BCUT2D eigenvalue weighted by Crippen LogP contribution is 2.26. The van der Waals surface area contributed by atoms with Gasteiger partial charge in [-0.05, 0) is 12.1 Å². The molecule has 1 N–H and O–H groups in total. The van der Waals surface area contributed by atoms with Crippen LogP contribution in [0.3, 0.4) is 0 Å². The molecule has 1 aromatic carbocycles. The van der Waals surface area contributed by atoms with Crippen LogP contribution in [0.25, 0.3) is 22.8 Å². The Morgan fingerprint density at radius 2 is 2.10 bits per heavy atom. The van der Waals surface area contributed by atoms with Gasteiger partial charge < -0.3 is 9.73 Å². The van der Waals surface area contributed by atoms with E-state index in [-0.39, 0.29) is 11.7 Å². The van der Waals surface area contributed by atoms with Gasteiger partial charge in [-0.25, -0.2) is 4.98 Å². The zero-order chi connectivity index (χ0) is 20.1. The summed E-state index contributed by atoms with van der Waals surface area (Å²) in [5.74, 6) is 1.25. The molecule has 0 atom stereocenters. The molecule has 3 aromatic heterocycles. The Bertz CT molecular complexity index is 1100. The number of thiazole rings is 1. The molecule has 0 aliphatic rings. The van der Waals surface area contributed by atoms with Gasteiger partial charge in [-0.1, -0.05) is 48.2 Å². The van der Waals surface area contributed by atoms with Crippen LogP contribution in [0.4, 0.5) is 5.13 Å². The molecule has 29 heavy (non-hydrogen) atoms. The maximum Gasteiger partial charge on any atom is 0.236 e. The van der Waals surface area contributed by atoms with Gasteiger partial charge in [0.1, 0.15) is 0 Å². The Balaban J connectivity index is 1.40. The number of allylic oxidation sites excluding steroid dienone is 1. The van der Waals surface area contributed by atoms with Crippen molar-refractivity contribution in [1.29, 1.82) is 0 Å². The zero-order valence-corrected chi connectivity index (χ0v) is 16.9. The highest BCUT2D eigenvalue weighted by Gasteiger charge is 2.17. The van der Waals surface area contributed by atoms with Crippen LogP contribution in [0.2, 0.25) is 0 Å². The molecule has 0 fully saturated rings. The maximum absolute atomic E-state index is 12.4. The summed E-state index contributed by atoms with van der Waals surface area (Å²) in [6.45, 7) is 4.29. The number of furan rings is 1. The second-order valence-corrected chi connectivity index (χ2v) is 7.72. The van der Waals surface area contributed by atoms with Crippen LogP contribution in [0.1, 0.15) is 0 Å². The second kappa shape index (κ2) is 8.89. The Morgan fingerprint density at radius 3 is 2.86 bits per heavy atom. The molecule has 0 aliphatic heterocycles. The van der Waals surface area contributed by atoms with Gasteiger partial charge in [0.05, 0.1) is 17.7 Å². The van der Waals surface area contributed by atoms with E-state index in [9.17, 15) is 4.79 Å². The lowest BCUT2D eigenvalue weighted by molar-refractivity contribution is -0.113. The van der Waals surface area contributed by atoms with Gasteiger partial charge in [-0.2, -0.15) is 0 Å². The Kier molecular flexibility index (Phi) is 5.87. The minimum Gasteiger partial charge on any atom is -0.461 e. The van der Waals surface area contributed by atoms with Gasteiger partial charge in [-0.15, -0.1) is 28.1 Å². The molecule has 9 heteroatoms. The van der Waals surface area contributed by atoms with Crippen molar-refractivity contribution in [3.63, 3.8) is 0 Å². The summed E-state index contributed by atoms with van der Waals surface area (Å²) < 4.78 is 7.27. The van der Waals surface area contributed by atoms with E-state index in [1.54, 1.807) is 18.4 Å². The van der Waals surface area contributed by atoms with Gasteiger partial charge in [0.15, 0.2) is 16.0 Å². The molecule has 7 nitrogen and oxygen atoms in total. The summed E-state index contributed by atoms with van der Waals surface area (Å²) in [7, 11) is 0. The highest BCUT2D eigenvalue weighted by molar-refractivity contribution is 7.99. The standard InChI is InChI=1S/C20H17N5O2S2/c1-2-10-25-18(16-9-6-11-27-16)23-24-20(25)29-13-17(26)22-19-21-15(12-28-19)14-7-4-3-5-8-14/h2-9,11-12H,1,10,13H2,(H,21,22,26). The first-order valence-electron chi connectivity index (χ1n) is 8.76. The molecule has 146 valence electrons. The number of carbonyl (C=O) groups is 1. The predicted octanol–water partition coefficient (Wildman–Crippen LogP) is 4.58. The summed E-state index contributed by atoms with van der Waals surface area (Å²) in [6.07, 6.45) is 3.33. The van der Waals surface area contributed by atoms with Gasteiger partial charge in [0.25, 0.3) is 0 Å². The second-order valence-electron chi connectivity index (χ2n) is 5.92. The van der Waals surface area contributed by atoms with E-state index >= 15 is 0 Å². The molecule has 0 saturated heterocycles. The minimum atomic E-state index is -0.156. The fourth-order valence-corrected chi connectivity index (χ4v) is 4.12. The SMILES string of the molecule is C=CCn1c(SCC(=O)Nc2nc(-c3ccccc3)cs2)nnc1-c1ccco1. The third-order valence-electron chi connectivity index (χ3n) is 3.92. The van der Waals surface area contributed by atoms with E-state index in [1.807, 2.05) is 46.3 Å². The lowest BCUT2D eigenvalue weighted by Gasteiger charge is -2.06. The summed E-state index contributed by atoms with van der Waals surface area (Å²) in [6, 6.07) is 13.5. The van der Waals surface area contributed by atoms with Crippen LogP contribution >= 0.6 is 23.1 Å². The van der Waals surface area contributed by atoms with Crippen LogP contribution in [-0.2, 0) is 11.3 Å². The quantitative estimate of drug-likeness (QED) is 0.330. The third-order valence-corrected chi connectivity index (χ3v) is 5.65. The van der Waals surface area contributed by atoms with Crippen molar-refractivity contribution in [3.05, 3.63) is 66.8 Å². The average Bonchev–Trinajstić information content (AvgIpc) is 3.49. The smallest absolute Gasteiger partial charge is 0.236 e. The average molecular weight is 424 g/mol. The molecule has 0 spiro atoms. The van der Waals surface area contributed by atoms with Crippen molar-refractivity contribution in [1.82, 2.24) is 19.7 Å². The number of amides is 1. The summed E-state index contributed by atoms with van der Waals surface area (Å²) in [5, 5.41) is 14.3. The largest absolute Gasteiger partial charge is 0.461 e. The predicted molar refractivity (Wildman–Crippen MR) is 115 cm³/mol. The monoisotopic (exact) mass is 423 g/mol. The molecule has 0 saturated carbocycles. The molecule has 4 rings (SSSR count). The first kappa shape index (κ1) is 19.2. The van der Waals surface area contributed by atoms with Crippen molar-refractivity contribution in [2.75, 3.05) is 11.1 Å². The van der Waals surface area contributed by atoms with Crippen LogP contribution < -0.4 is 5.32 Å². The molecular weight excluding hydrogens is 406 g/mol. The van der Waals surface area contributed by atoms with Crippen molar-refractivity contribution in [3.8, 4) is 22.8 Å². The first-order chi connectivity index (χ1) is 14.2. The number of rotatable bonds is 8. The molecule has 0 unspecified atom stereocenters. The molecule has 3 heterocycles. The van der Waals surface area contributed by atoms with Crippen molar-refractivity contribution in [2.45, 2.75) is 11.7 Å². The summed E-state index contributed by atoms with van der Waals surface area (Å²) in [5.41, 5.74) is 1.86. The van der Waals surface area contributed by atoms with E-state index in [0.717, 1.165) is 11.3 Å². The van der Waals surface area contributed by atoms with E-state index in [4.69, 9.17) is 4.42 Å². The van der Waals surface area contributed by atoms with Gasteiger partial charge >= 0.3 is 0 Å². The Hall–Kier alpha value is -3.17. The zero-order valence-electron chi connectivity index (χ0n) is 15.3. The van der Waals surface area contributed by atoms with Crippen LogP contribution in [0, 0.1) is 0 Å². The number of nitrogens with one attached hydrogen (secondary N) is 1. The molecule has 4 aromatic rings. The van der Waals surface area contributed by atoms with Crippen LogP contribution in [0.15, 0.2) is 76.3 Å². The van der Waals surface area contributed by atoms with Crippen molar-refractivity contribution >= 4 is 34.1 Å². The molecule has 0 bridgehead atoms. The molecule has 1 amide bonds. The van der Waals surface area contributed by atoms with Gasteiger partial charge in [0.2, 0.25) is 11.7 Å². The number of hydrogen-bond acceptors (Lipinski definition) is 7. The van der Waals surface area contributed by atoms with E-state index in [1.165, 1.54) is 23.1 Å². The normalized spacial score (nSPS) is 10.8. The fourth-order valence-electron chi connectivity index (χ4n) is 2.64. The number of hydrogen-bond donors (Lipinski definition) is 1. The summed E-state index contributed by atoms with van der Waals surface area (Å²) in [4.78, 5) is 16.9. The molecule has 0 radical (unpaired) electrons. The number of nitrogens with zero attached hydrogens (tertiary/aromatic N) is 4. The lowest BCUT2D eigenvalue weighted by atomic mass is 10.2. The molecule has 0 aliphatic carbocycles. The number of aromatic nitrogens is 4. The Morgan fingerprint density at radius 1 is 1.24 bits per heavy atom. The van der Waals surface area contributed by atoms with Gasteiger partial charge in [-0.3, -0.25) is 9.36 Å². The van der Waals surface area contributed by atoms with Crippen LogP contribution in [0.5, 0.6) is 0 Å². The first-order valence-corrected chi connectivity index (χ1v) is 10.6. The number of anilines is 1. The maximum atomic E-state index is 12.4. The third kappa shape index (κ3) is 4.47. The highest BCUT2D eigenvalue weighted by atomic mass is 32.2. The number of thioether (sulfide) groups is 1. The summed E-state index contributed by atoms with van der Waals surface area (Å²) >= 11 is 2.70. The van der Waals surface area contributed by atoms with Crippen molar-refractivity contribution in [2.24, 2.45) is 0 Å². The van der Waals surface area contributed by atoms with E-state index < -0.39 is 0 Å². The lowest BCUT2D eigenvalue weighted by Crippen LogP contribution is -2.14. The topological polar surface area (TPSA) is 85.8 Å². The van der Waals surface area contributed by atoms with Crippen molar-refractivity contribution < 1.29 is 9.21 Å². The fraction of sp³-hybridized carbons (Fsp3) is 0.100. The van der Waals surface area contributed by atoms with E-state index in [2.05, 4.69) is 27.1 Å².